The fourth-order valence-electron chi connectivity index (χ4n) is 0.920. The number of halogens is 2. The lowest BCUT2D eigenvalue weighted by molar-refractivity contribution is 0.397. The average Bonchev–Trinajstić information content (AvgIpc) is 2.04. The van der Waals surface area contributed by atoms with Gasteiger partial charge in [0.15, 0.2) is 0 Å². The first-order valence-electron chi connectivity index (χ1n) is 3.67. The van der Waals surface area contributed by atoms with Crippen molar-refractivity contribution in [2.75, 3.05) is 14.1 Å². The molecule has 0 spiro atoms. The van der Waals surface area contributed by atoms with E-state index in [-0.39, 0.29) is 10.8 Å². The largest absolute Gasteiger partial charge is 0.293 e. The van der Waals surface area contributed by atoms with Gasteiger partial charge >= 0.3 is 0 Å². The average molecular weight is 232 g/mol. The molecule has 1 nitrogen and oxygen atoms in total. The molecule has 0 saturated heterocycles. The summed E-state index contributed by atoms with van der Waals surface area (Å²) in [5.74, 6) is -0.197. The smallest absolute Gasteiger partial charge is 0.123 e. The van der Waals surface area contributed by atoms with Crippen LogP contribution in [-0.4, -0.2) is 19.0 Å². The Labute approximate surface area is 80.3 Å². The van der Waals surface area contributed by atoms with Gasteiger partial charge < -0.3 is 0 Å². The molecule has 0 aliphatic heterocycles. The quantitative estimate of drug-likeness (QED) is 0.559. The lowest BCUT2D eigenvalue weighted by atomic mass is 10.2. The maximum Gasteiger partial charge on any atom is 0.123 e. The maximum absolute atomic E-state index is 12.5. The number of alkyl halides is 1. The monoisotopic (exact) mass is 231 g/mol. The Bertz CT molecular complexity index is 245. The first-order chi connectivity index (χ1) is 5.61. The van der Waals surface area contributed by atoms with Gasteiger partial charge in [0.05, 0.1) is 4.95 Å². The van der Waals surface area contributed by atoms with Crippen LogP contribution < -0.4 is 0 Å². The fraction of sp³-hybridized carbons (Fsp3) is 0.333. The third-order valence-corrected chi connectivity index (χ3v) is 2.95. The summed E-state index contributed by atoms with van der Waals surface area (Å²) in [5.41, 5.74) is 1.06. The molecule has 1 aromatic carbocycles. The van der Waals surface area contributed by atoms with Crippen molar-refractivity contribution in [1.82, 2.24) is 4.90 Å². The van der Waals surface area contributed by atoms with Crippen LogP contribution in [0.15, 0.2) is 24.3 Å². The van der Waals surface area contributed by atoms with Crippen LogP contribution in [0.1, 0.15) is 10.5 Å². The van der Waals surface area contributed by atoms with Crippen molar-refractivity contribution in [3.05, 3.63) is 35.6 Å². The molecular weight excluding hydrogens is 221 g/mol. The predicted octanol–water partition coefficient (Wildman–Crippen LogP) is 2.78. The Balaban J connectivity index is 2.82. The van der Waals surface area contributed by atoms with Gasteiger partial charge in [0.2, 0.25) is 0 Å². The van der Waals surface area contributed by atoms with Gasteiger partial charge in [-0.25, -0.2) is 4.39 Å². The van der Waals surface area contributed by atoms with Crippen molar-refractivity contribution in [1.29, 1.82) is 0 Å². The molecule has 1 aromatic rings. The van der Waals surface area contributed by atoms with Crippen LogP contribution >= 0.6 is 15.9 Å². The topological polar surface area (TPSA) is 3.24 Å². The number of rotatable bonds is 2. The molecule has 1 unspecified atom stereocenters. The minimum absolute atomic E-state index is 0.151. The molecule has 66 valence electrons. The van der Waals surface area contributed by atoms with Crippen molar-refractivity contribution in [3.63, 3.8) is 0 Å². The SMILES string of the molecule is CN(C)C(Br)c1ccc(F)cc1. The van der Waals surface area contributed by atoms with Gasteiger partial charge in [0.1, 0.15) is 5.82 Å². The molecular formula is C9H11BrFN. The Morgan fingerprint density at radius 2 is 1.75 bits per heavy atom. The first-order valence-corrected chi connectivity index (χ1v) is 4.59. The molecule has 0 heterocycles. The molecule has 12 heavy (non-hydrogen) atoms. The summed E-state index contributed by atoms with van der Waals surface area (Å²) in [7, 11) is 3.92. The van der Waals surface area contributed by atoms with Crippen molar-refractivity contribution < 1.29 is 4.39 Å². The third kappa shape index (κ3) is 2.29. The molecule has 0 amide bonds. The number of hydrogen-bond acceptors (Lipinski definition) is 1. The van der Waals surface area contributed by atoms with Crippen LogP contribution in [0, 0.1) is 5.82 Å². The van der Waals surface area contributed by atoms with E-state index in [1.807, 2.05) is 19.0 Å². The Hall–Kier alpha value is -0.410. The van der Waals surface area contributed by atoms with E-state index in [2.05, 4.69) is 15.9 Å². The Morgan fingerprint density at radius 1 is 1.25 bits per heavy atom. The second-order valence-corrected chi connectivity index (χ2v) is 3.72. The molecule has 1 rings (SSSR count). The van der Waals surface area contributed by atoms with E-state index in [1.54, 1.807) is 12.1 Å². The standard InChI is InChI=1S/C9H11BrFN/c1-12(2)9(10)7-3-5-8(11)6-4-7/h3-6,9H,1-2H3. The lowest BCUT2D eigenvalue weighted by Gasteiger charge is -2.17. The van der Waals surface area contributed by atoms with E-state index in [0.29, 0.717) is 0 Å². The summed E-state index contributed by atoms with van der Waals surface area (Å²) >= 11 is 3.48. The van der Waals surface area contributed by atoms with E-state index in [0.717, 1.165) is 5.56 Å². The Morgan fingerprint density at radius 3 is 2.17 bits per heavy atom. The zero-order valence-electron chi connectivity index (χ0n) is 7.09. The maximum atomic E-state index is 12.5. The molecule has 0 N–H and O–H groups in total. The van der Waals surface area contributed by atoms with Gasteiger partial charge in [-0.1, -0.05) is 28.1 Å². The van der Waals surface area contributed by atoms with E-state index < -0.39 is 0 Å². The van der Waals surface area contributed by atoms with Crippen molar-refractivity contribution in [3.8, 4) is 0 Å². The van der Waals surface area contributed by atoms with Gasteiger partial charge in [0.25, 0.3) is 0 Å². The molecule has 0 saturated carbocycles. The van der Waals surface area contributed by atoms with Crippen molar-refractivity contribution in [2.45, 2.75) is 4.95 Å². The van der Waals surface area contributed by atoms with E-state index in [9.17, 15) is 4.39 Å². The normalized spacial score (nSPS) is 13.4. The van der Waals surface area contributed by atoms with Crippen molar-refractivity contribution in [2.24, 2.45) is 0 Å². The van der Waals surface area contributed by atoms with E-state index in [4.69, 9.17) is 0 Å². The van der Waals surface area contributed by atoms with Crippen molar-refractivity contribution >= 4 is 15.9 Å². The number of hydrogen-bond donors (Lipinski definition) is 0. The minimum atomic E-state index is -0.197. The predicted molar refractivity (Wildman–Crippen MR) is 51.8 cm³/mol. The Kier molecular flexibility index (Phi) is 3.23. The van der Waals surface area contributed by atoms with E-state index in [1.165, 1.54) is 12.1 Å². The molecule has 3 heteroatoms. The molecule has 0 aliphatic carbocycles. The highest BCUT2D eigenvalue weighted by Crippen LogP contribution is 2.24. The molecule has 0 radical (unpaired) electrons. The zero-order valence-corrected chi connectivity index (χ0v) is 8.68. The summed E-state index contributed by atoms with van der Waals surface area (Å²) in [4.78, 5) is 2.16. The minimum Gasteiger partial charge on any atom is -0.293 e. The molecule has 0 aromatic heterocycles. The van der Waals surface area contributed by atoms with Gasteiger partial charge in [-0.3, -0.25) is 4.90 Å². The molecule has 1 atom stereocenters. The van der Waals surface area contributed by atoms with Crippen LogP contribution in [0.2, 0.25) is 0 Å². The molecule has 0 aliphatic rings. The van der Waals surface area contributed by atoms with Crippen LogP contribution in [0.4, 0.5) is 4.39 Å². The molecule has 0 bridgehead atoms. The summed E-state index contributed by atoms with van der Waals surface area (Å²) in [5, 5.41) is 0. The van der Waals surface area contributed by atoms with Gasteiger partial charge in [-0.15, -0.1) is 0 Å². The number of nitrogens with zero attached hydrogens (tertiary/aromatic N) is 1. The summed E-state index contributed by atoms with van der Waals surface area (Å²) in [6.07, 6.45) is 0. The highest BCUT2D eigenvalue weighted by Gasteiger charge is 2.08. The van der Waals surface area contributed by atoms with Gasteiger partial charge in [-0.05, 0) is 31.8 Å². The van der Waals surface area contributed by atoms with Gasteiger partial charge in [-0.2, -0.15) is 0 Å². The zero-order chi connectivity index (χ0) is 9.14. The number of benzene rings is 1. The van der Waals surface area contributed by atoms with E-state index >= 15 is 0 Å². The third-order valence-electron chi connectivity index (χ3n) is 1.60. The highest BCUT2D eigenvalue weighted by atomic mass is 79.9. The second-order valence-electron chi connectivity index (χ2n) is 2.85. The summed E-state index contributed by atoms with van der Waals surface area (Å²) < 4.78 is 12.5. The summed E-state index contributed by atoms with van der Waals surface area (Å²) in [6, 6.07) is 6.48. The van der Waals surface area contributed by atoms with Crippen LogP contribution in [0.3, 0.4) is 0 Å². The van der Waals surface area contributed by atoms with Gasteiger partial charge in [0, 0.05) is 0 Å². The molecule has 0 fully saturated rings. The lowest BCUT2D eigenvalue weighted by Crippen LogP contribution is -2.14. The van der Waals surface area contributed by atoms with Crippen LogP contribution in [0.25, 0.3) is 0 Å². The summed E-state index contributed by atoms with van der Waals surface area (Å²) in [6.45, 7) is 0. The van der Waals surface area contributed by atoms with Crippen LogP contribution in [0.5, 0.6) is 0 Å². The van der Waals surface area contributed by atoms with Crippen LogP contribution in [-0.2, 0) is 0 Å². The fourth-order valence-corrected chi connectivity index (χ4v) is 1.22. The second kappa shape index (κ2) is 4.01. The first kappa shape index (κ1) is 9.68. The highest BCUT2D eigenvalue weighted by molar-refractivity contribution is 9.09.